The van der Waals surface area contributed by atoms with Crippen molar-refractivity contribution in [2.45, 2.75) is 25.9 Å². The van der Waals surface area contributed by atoms with Crippen molar-refractivity contribution in [1.29, 1.82) is 0 Å². The van der Waals surface area contributed by atoms with Crippen LogP contribution in [0.5, 0.6) is 5.75 Å². The molecule has 0 unspecified atom stereocenters. The smallest absolute Gasteiger partial charge is 0.449 e. The lowest BCUT2D eigenvalue weighted by molar-refractivity contribution is -0.171. The summed E-state index contributed by atoms with van der Waals surface area (Å²) in [5.74, 6) is -1.20. The number of ketones is 1. The summed E-state index contributed by atoms with van der Waals surface area (Å²) in [7, 11) is 1.44. The molecule has 0 bridgehead atoms. The average Bonchev–Trinajstić information content (AvgIpc) is 2.24. The van der Waals surface area contributed by atoms with Crippen molar-refractivity contribution in [3.63, 3.8) is 0 Å². The fourth-order valence-corrected chi connectivity index (χ4v) is 1.49. The molecule has 0 aliphatic heterocycles. The Morgan fingerprint density at radius 2 is 2.00 bits per heavy atom. The summed E-state index contributed by atoms with van der Waals surface area (Å²) >= 11 is 0. The Kier molecular flexibility index (Phi) is 4.15. The van der Waals surface area contributed by atoms with Crippen LogP contribution in [0, 0.1) is 6.92 Å². The second-order valence-electron chi connectivity index (χ2n) is 3.74. The average molecular weight is 246 g/mol. The number of benzene rings is 1. The van der Waals surface area contributed by atoms with Gasteiger partial charge in [0.1, 0.15) is 5.75 Å². The van der Waals surface area contributed by atoms with Crippen LogP contribution in [0.25, 0.3) is 0 Å². The molecular formula is C12H13F3O2. The molecule has 94 valence electrons. The molecule has 0 heterocycles. The number of hydrogen-bond donors (Lipinski definition) is 0. The molecule has 0 aliphatic rings. The maximum absolute atomic E-state index is 12.0. The summed E-state index contributed by atoms with van der Waals surface area (Å²) in [5.41, 5.74) is 1.53. The van der Waals surface area contributed by atoms with Crippen LogP contribution in [0.15, 0.2) is 18.2 Å². The summed E-state index contributed by atoms with van der Waals surface area (Å²) in [6.45, 7) is 1.83. The molecular weight excluding hydrogens is 233 g/mol. The maximum Gasteiger partial charge on any atom is 0.449 e. The van der Waals surface area contributed by atoms with Crippen molar-refractivity contribution < 1.29 is 22.7 Å². The summed E-state index contributed by atoms with van der Waals surface area (Å²) in [6.07, 6.45) is -5.27. The number of hydrogen-bond acceptors (Lipinski definition) is 2. The van der Waals surface area contributed by atoms with Crippen LogP contribution < -0.4 is 4.74 Å². The second-order valence-corrected chi connectivity index (χ2v) is 3.74. The molecule has 0 aromatic heterocycles. The van der Waals surface area contributed by atoms with Gasteiger partial charge in [-0.1, -0.05) is 17.7 Å². The van der Waals surface area contributed by atoms with Gasteiger partial charge in [-0.05, 0) is 25.0 Å². The van der Waals surface area contributed by atoms with E-state index in [1.165, 1.54) is 7.11 Å². The van der Waals surface area contributed by atoms with Gasteiger partial charge in [-0.2, -0.15) is 13.2 Å². The Morgan fingerprint density at radius 1 is 1.35 bits per heavy atom. The molecule has 17 heavy (non-hydrogen) atoms. The van der Waals surface area contributed by atoms with E-state index in [9.17, 15) is 18.0 Å². The number of rotatable bonds is 4. The van der Waals surface area contributed by atoms with Gasteiger partial charge in [-0.3, -0.25) is 4.79 Å². The van der Waals surface area contributed by atoms with E-state index in [1.54, 1.807) is 18.2 Å². The van der Waals surface area contributed by atoms with E-state index >= 15 is 0 Å². The summed E-state index contributed by atoms with van der Waals surface area (Å²) in [4.78, 5) is 10.8. The highest BCUT2D eigenvalue weighted by atomic mass is 19.4. The zero-order valence-corrected chi connectivity index (χ0v) is 9.60. The lowest BCUT2D eigenvalue weighted by Crippen LogP contribution is -2.22. The minimum Gasteiger partial charge on any atom is -0.496 e. The fourth-order valence-electron chi connectivity index (χ4n) is 1.49. The van der Waals surface area contributed by atoms with Gasteiger partial charge in [0.2, 0.25) is 5.78 Å². The van der Waals surface area contributed by atoms with E-state index in [0.29, 0.717) is 11.3 Å². The SMILES string of the molecule is COc1ccc(C)cc1CCC(=O)C(F)(F)F. The Hall–Kier alpha value is -1.52. The lowest BCUT2D eigenvalue weighted by atomic mass is 10.0. The molecule has 0 atom stereocenters. The summed E-state index contributed by atoms with van der Waals surface area (Å²) in [5, 5.41) is 0. The minimum absolute atomic E-state index is 0.0309. The number of alkyl halides is 3. The Labute approximate surface area is 97.4 Å². The zero-order chi connectivity index (χ0) is 13.1. The molecule has 1 aromatic carbocycles. The molecule has 0 N–H and O–H groups in total. The molecule has 0 aliphatic carbocycles. The Bertz CT molecular complexity index is 411. The first kappa shape index (κ1) is 13.5. The molecule has 0 saturated carbocycles. The number of halogens is 3. The number of carbonyl (C=O) groups excluding carboxylic acids is 1. The maximum atomic E-state index is 12.0. The van der Waals surface area contributed by atoms with Crippen LogP contribution in [0.4, 0.5) is 13.2 Å². The molecule has 0 spiro atoms. The zero-order valence-electron chi connectivity index (χ0n) is 9.60. The molecule has 5 heteroatoms. The minimum atomic E-state index is -4.75. The predicted octanol–water partition coefficient (Wildman–Crippen LogP) is 3.07. The third-order valence-electron chi connectivity index (χ3n) is 2.37. The molecule has 0 fully saturated rings. The van der Waals surface area contributed by atoms with Crippen molar-refractivity contribution in [1.82, 2.24) is 0 Å². The molecule has 0 radical (unpaired) electrons. The van der Waals surface area contributed by atoms with Crippen molar-refractivity contribution in [3.8, 4) is 5.75 Å². The van der Waals surface area contributed by atoms with E-state index in [4.69, 9.17) is 4.74 Å². The van der Waals surface area contributed by atoms with Gasteiger partial charge >= 0.3 is 6.18 Å². The number of carbonyl (C=O) groups is 1. The first-order valence-electron chi connectivity index (χ1n) is 5.08. The molecule has 0 amide bonds. The van der Waals surface area contributed by atoms with Gasteiger partial charge in [0.15, 0.2) is 0 Å². The monoisotopic (exact) mass is 246 g/mol. The van der Waals surface area contributed by atoms with E-state index < -0.39 is 18.4 Å². The van der Waals surface area contributed by atoms with Gasteiger partial charge in [0.05, 0.1) is 7.11 Å². The van der Waals surface area contributed by atoms with Crippen LogP contribution >= 0.6 is 0 Å². The number of Topliss-reactive ketones (excluding diaryl/α,β-unsaturated/α-hetero) is 1. The largest absolute Gasteiger partial charge is 0.496 e. The molecule has 1 aromatic rings. The van der Waals surface area contributed by atoms with Crippen molar-refractivity contribution in [2.75, 3.05) is 7.11 Å². The molecule has 2 nitrogen and oxygen atoms in total. The second kappa shape index (κ2) is 5.21. The topological polar surface area (TPSA) is 26.3 Å². The lowest BCUT2D eigenvalue weighted by Gasteiger charge is -2.10. The third kappa shape index (κ3) is 3.76. The van der Waals surface area contributed by atoms with Gasteiger partial charge in [0.25, 0.3) is 0 Å². The van der Waals surface area contributed by atoms with E-state index in [1.807, 2.05) is 6.92 Å². The van der Waals surface area contributed by atoms with Crippen LogP contribution in [-0.4, -0.2) is 19.1 Å². The summed E-state index contributed by atoms with van der Waals surface area (Å²) < 4.78 is 41.1. The van der Waals surface area contributed by atoms with Crippen LogP contribution in [0.1, 0.15) is 17.5 Å². The Balaban J connectivity index is 2.75. The van der Waals surface area contributed by atoms with Crippen molar-refractivity contribution in [3.05, 3.63) is 29.3 Å². The number of aryl methyl sites for hydroxylation is 2. The normalized spacial score (nSPS) is 11.4. The predicted molar refractivity (Wildman–Crippen MR) is 57.1 cm³/mol. The van der Waals surface area contributed by atoms with Crippen molar-refractivity contribution in [2.24, 2.45) is 0 Å². The first-order chi connectivity index (χ1) is 7.84. The highest BCUT2D eigenvalue weighted by molar-refractivity contribution is 5.84. The summed E-state index contributed by atoms with van der Waals surface area (Å²) in [6, 6.07) is 5.21. The van der Waals surface area contributed by atoms with Gasteiger partial charge in [-0.25, -0.2) is 0 Å². The van der Waals surface area contributed by atoms with Gasteiger partial charge in [0, 0.05) is 6.42 Å². The Morgan fingerprint density at radius 3 is 2.53 bits per heavy atom. The first-order valence-corrected chi connectivity index (χ1v) is 5.08. The molecule has 0 saturated heterocycles. The molecule has 1 rings (SSSR count). The van der Waals surface area contributed by atoms with E-state index in [-0.39, 0.29) is 6.42 Å². The third-order valence-corrected chi connectivity index (χ3v) is 2.37. The highest BCUT2D eigenvalue weighted by Gasteiger charge is 2.37. The number of ether oxygens (including phenoxy) is 1. The highest BCUT2D eigenvalue weighted by Crippen LogP contribution is 2.24. The van der Waals surface area contributed by atoms with Crippen molar-refractivity contribution >= 4 is 5.78 Å². The number of methoxy groups -OCH3 is 1. The van der Waals surface area contributed by atoms with Gasteiger partial charge in [-0.15, -0.1) is 0 Å². The van der Waals surface area contributed by atoms with E-state index in [2.05, 4.69) is 0 Å². The van der Waals surface area contributed by atoms with Crippen LogP contribution in [0.2, 0.25) is 0 Å². The van der Waals surface area contributed by atoms with Gasteiger partial charge < -0.3 is 4.74 Å². The standard InChI is InChI=1S/C12H13F3O2/c1-8-3-5-10(17-2)9(7-8)4-6-11(16)12(13,14)15/h3,5,7H,4,6H2,1-2H3. The van der Waals surface area contributed by atoms with E-state index in [0.717, 1.165) is 5.56 Å². The fraction of sp³-hybridized carbons (Fsp3) is 0.417. The quantitative estimate of drug-likeness (QED) is 0.816. The van der Waals surface area contributed by atoms with Crippen LogP contribution in [-0.2, 0) is 11.2 Å². The van der Waals surface area contributed by atoms with Crippen LogP contribution in [0.3, 0.4) is 0 Å².